The summed E-state index contributed by atoms with van der Waals surface area (Å²) < 4.78 is 0. The lowest BCUT2D eigenvalue weighted by atomic mass is 9.75. The third kappa shape index (κ3) is 6.42. The second-order valence-corrected chi connectivity index (χ2v) is 6.71. The maximum absolute atomic E-state index is 3.70. The zero-order valence-corrected chi connectivity index (χ0v) is 12.3. The highest BCUT2D eigenvalue weighted by atomic mass is 15.0. The van der Waals surface area contributed by atoms with Crippen LogP contribution >= 0.6 is 0 Å². The van der Waals surface area contributed by atoms with Crippen molar-refractivity contribution in [1.29, 1.82) is 0 Å². The Morgan fingerprint density at radius 1 is 1.00 bits per heavy atom. The van der Waals surface area contributed by atoms with Crippen molar-refractivity contribution in [3.8, 4) is 0 Å². The second-order valence-electron chi connectivity index (χ2n) is 6.71. The van der Waals surface area contributed by atoms with E-state index in [1.54, 1.807) is 0 Å². The van der Waals surface area contributed by atoms with E-state index in [-0.39, 0.29) is 0 Å². The molecule has 0 aromatic carbocycles. The van der Waals surface area contributed by atoms with Crippen molar-refractivity contribution in [2.24, 2.45) is 11.3 Å². The van der Waals surface area contributed by atoms with Crippen molar-refractivity contribution in [2.45, 2.75) is 65.8 Å². The average Bonchev–Trinajstić information content (AvgIpc) is 2.27. The zero-order valence-electron chi connectivity index (χ0n) is 12.3. The molecule has 1 saturated carbocycles. The Morgan fingerprint density at radius 2 is 1.65 bits per heavy atom. The van der Waals surface area contributed by atoms with E-state index in [2.05, 4.69) is 38.3 Å². The van der Waals surface area contributed by atoms with Gasteiger partial charge in [0.1, 0.15) is 0 Å². The monoisotopic (exact) mass is 240 g/mol. The molecule has 0 spiro atoms. The van der Waals surface area contributed by atoms with Crippen LogP contribution in [0.2, 0.25) is 0 Å². The van der Waals surface area contributed by atoms with Crippen molar-refractivity contribution in [2.75, 3.05) is 19.6 Å². The van der Waals surface area contributed by atoms with E-state index in [1.807, 2.05) is 0 Å². The minimum Gasteiger partial charge on any atom is -0.315 e. The summed E-state index contributed by atoms with van der Waals surface area (Å²) in [5.41, 5.74) is 0.560. The van der Waals surface area contributed by atoms with Gasteiger partial charge in [0.15, 0.2) is 0 Å². The Bertz CT molecular complexity index is 195. The summed E-state index contributed by atoms with van der Waals surface area (Å²) in [5, 5.41) is 7.23. The van der Waals surface area contributed by atoms with E-state index >= 15 is 0 Å². The van der Waals surface area contributed by atoms with Gasteiger partial charge in [-0.3, -0.25) is 0 Å². The number of nitrogens with one attached hydrogen (secondary N) is 2. The molecule has 2 nitrogen and oxygen atoms in total. The molecule has 102 valence electrons. The molecule has 1 rings (SSSR count). The van der Waals surface area contributed by atoms with Gasteiger partial charge in [0.25, 0.3) is 0 Å². The number of hydrogen-bond donors (Lipinski definition) is 2. The maximum atomic E-state index is 3.70. The van der Waals surface area contributed by atoms with Crippen LogP contribution in [0.3, 0.4) is 0 Å². The van der Waals surface area contributed by atoms with Crippen LogP contribution in [0.4, 0.5) is 0 Å². The standard InChI is InChI=1S/C15H32N2/c1-13(2)10-16-11-14(3)17-12-15(4)8-6-5-7-9-15/h13-14,16-17H,5-12H2,1-4H3. The van der Waals surface area contributed by atoms with Gasteiger partial charge in [0.05, 0.1) is 0 Å². The molecule has 1 aliphatic carbocycles. The summed E-state index contributed by atoms with van der Waals surface area (Å²) in [4.78, 5) is 0. The first-order valence-electron chi connectivity index (χ1n) is 7.46. The third-order valence-electron chi connectivity index (χ3n) is 3.94. The molecule has 2 heteroatoms. The van der Waals surface area contributed by atoms with E-state index < -0.39 is 0 Å². The zero-order chi connectivity index (χ0) is 12.7. The molecule has 1 aliphatic rings. The fourth-order valence-electron chi connectivity index (χ4n) is 2.66. The SMILES string of the molecule is CC(C)CNCC(C)NCC1(C)CCCCC1. The largest absolute Gasteiger partial charge is 0.315 e. The normalized spacial score (nSPS) is 21.7. The van der Waals surface area contributed by atoms with Crippen molar-refractivity contribution in [3.63, 3.8) is 0 Å². The molecule has 0 saturated heterocycles. The summed E-state index contributed by atoms with van der Waals surface area (Å²) in [5.74, 6) is 0.748. The fourth-order valence-corrected chi connectivity index (χ4v) is 2.66. The van der Waals surface area contributed by atoms with Gasteiger partial charge in [-0.05, 0) is 37.6 Å². The minimum absolute atomic E-state index is 0.560. The molecule has 0 heterocycles. The lowest BCUT2D eigenvalue weighted by Crippen LogP contribution is -2.43. The van der Waals surface area contributed by atoms with Crippen LogP contribution in [-0.2, 0) is 0 Å². The van der Waals surface area contributed by atoms with Crippen molar-refractivity contribution in [1.82, 2.24) is 10.6 Å². The Kier molecular flexibility index (Phi) is 6.50. The molecular formula is C15H32N2. The smallest absolute Gasteiger partial charge is 0.0164 e. The first-order valence-corrected chi connectivity index (χ1v) is 7.46. The quantitative estimate of drug-likeness (QED) is 0.714. The van der Waals surface area contributed by atoms with Gasteiger partial charge in [-0.25, -0.2) is 0 Å². The summed E-state index contributed by atoms with van der Waals surface area (Å²) in [7, 11) is 0. The molecule has 1 atom stereocenters. The molecule has 0 aromatic heterocycles. The van der Waals surface area contributed by atoms with Crippen molar-refractivity contribution < 1.29 is 0 Å². The van der Waals surface area contributed by atoms with Crippen LogP contribution in [-0.4, -0.2) is 25.7 Å². The summed E-state index contributed by atoms with van der Waals surface area (Å²) in [6, 6.07) is 0.590. The fraction of sp³-hybridized carbons (Fsp3) is 1.00. The summed E-state index contributed by atoms with van der Waals surface area (Å²) in [6.07, 6.45) is 7.12. The van der Waals surface area contributed by atoms with Gasteiger partial charge in [0.2, 0.25) is 0 Å². The van der Waals surface area contributed by atoms with E-state index in [0.29, 0.717) is 11.5 Å². The molecule has 0 aliphatic heterocycles. The van der Waals surface area contributed by atoms with Crippen molar-refractivity contribution in [3.05, 3.63) is 0 Å². The Balaban J connectivity index is 2.11. The van der Waals surface area contributed by atoms with Crippen molar-refractivity contribution >= 4 is 0 Å². The first kappa shape index (κ1) is 15.0. The lowest BCUT2D eigenvalue weighted by molar-refractivity contribution is 0.201. The summed E-state index contributed by atoms with van der Waals surface area (Å²) in [6.45, 7) is 12.7. The first-order chi connectivity index (χ1) is 8.02. The highest BCUT2D eigenvalue weighted by molar-refractivity contribution is 4.82. The van der Waals surface area contributed by atoms with Crippen LogP contribution in [0.1, 0.15) is 59.8 Å². The topological polar surface area (TPSA) is 24.1 Å². The molecule has 2 N–H and O–H groups in total. The van der Waals surface area contributed by atoms with E-state index in [9.17, 15) is 0 Å². The summed E-state index contributed by atoms with van der Waals surface area (Å²) >= 11 is 0. The van der Waals surface area contributed by atoms with Crippen LogP contribution in [0.5, 0.6) is 0 Å². The Labute approximate surface area is 108 Å². The van der Waals surface area contributed by atoms with Gasteiger partial charge in [0, 0.05) is 19.1 Å². The van der Waals surface area contributed by atoms with Gasteiger partial charge in [-0.1, -0.05) is 40.0 Å². The van der Waals surface area contributed by atoms with E-state index in [4.69, 9.17) is 0 Å². The highest BCUT2D eigenvalue weighted by Gasteiger charge is 2.26. The van der Waals surface area contributed by atoms with Gasteiger partial charge in [-0.15, -0.1) is 0 Å². The molecule has 0 radical (unpaired) electrons. The molecular weight excluding hydrogens is 208 g/mol. The minimum atomic E-state index is 0.560. The molecule has 0 amide bonds. The number of hydrogen-bond acceptors (Lipinski definition) is 2. The maximum Gasteiger partial charge on any atom is 0.0164 e. The Hall–Kier alpha value is -0.0800. The predicted octanol–water partition coefficient (Wildman–Crippen LogP) is 3.18. The second kappa shape index (κ2) is 7.38. The van der Waals surface area contributed by atoms with E-state index in [1.165, 1.54) is 38.6 Å². The molecule has 0 aromatic rings. The highest BCUT2D eigenvalue weighted by Crippen LogP contribution is 2.34. The number of rotatable bonds is 7. The predicted molar refractivity (Wildman–Crippen MR) is 76.4 cm³/mol. The van der Waals surface area contributed by atoms with E-state index in [0.717, 1.165) is 19.0 Å². The Morgan fingerprint density at radius 3 is 2.24 bits per heavy atom. The lowest BCUT2D eigenvalue weighted by Gasteiger charge is -2.35. The van der Waals surface area contributed by atoms with Crippen LogP contribution in [0.25, 0.3) is 0 Å². The third-order valence-corrected chi connectivity index (χ3v) is 3.94. The molecule has 0 bridgehead atoms. The molecule has 1 unspecified atom stereocenters. The van der Waals surface area contributed by atoms with Crippen LogP contribution in [0, 0.1) is 11.3 Å². The van der Waals surface area contributed by atoms with Crippen LogP contribution < -0.4 is 10.6 Å². The van der Waals surface area contributed by atoms with Gasteiger partial charge < -0.3 is 10.6 Å². The average molecular weight is 240 g/mol. The van der Waals surface area contributed by atoms with Gasteiger partial charge in [-0.2, -0.15) is 0 Å². The van der Waals surface area contributed by atoms with Crippen LogP contribution in [0.15, 0.2) is 0 Å². The molecule has 1 fully saturated rings. The molecule has 17 heavy (non-hydrogen) atoms. The van der Waals surface area contributed by atoms with Gasteiger partial charge >= 0.3 is 0 Å².